The minimum Gasteiger partial charge on any atom is -0.385 e. The zero-order valence-corrected chi connectivity index (χ0v) is 18.2. The van der Waals surface area contributed by atoms with E-state index >= 15 is 0 Å². The molecule has 0 bridgehead atoms. The van der Waals surface area contributed by atoms with E-state index in [0.717, 1.165) is 51.3 Å². The predicted molar refractivity (Wildman–Crippen MR) is 134 cm³/mol. The third-order valence-electron chi connectivity index (χ3n) is 4.92. The van der Waals surface area contributed by atoms with Crippen LogP contribution in [0.5, 0.6) is 0 Å². The van der Waals surface area contributed by atoms with E-state index in [4.69, 9.17) is 0 Å². The Balaban J connectivity index is 1.59. The van der Waals surface area contributed by atoms with Crippen molar-refractivity contribution in [1.29, 1.82) is 0 Å². The van der Waals surface area contributed by atoms with Crippen molar-refractivity contribution in [2.24, 2.45) is 20.5 Å². The maximum Gasteiger partial charge on any atom is 0.0936 e. The molecule has 5 heteroatoms. The third-order valence-corrected chi connectivity index (χ3v) is 4.92. The van der Waals surface area contributed by atoms with Gasteiger partial charge in [-0.1, -0.05) is 48.6 Å². The lowest BCUT2D eigenvalue weighted by Crippen LogP contribution is -1.94. The molecule has 0 aliphatic heterocycles. The van der Waals surface area contributed by atoms with Crippen molar-refractivity contribution in [3.8, 4) is 0 Å². The average molecular weight is 420 g/mol. The third kappa shape index (κ3) is 5.13. The van der Waals surface area contributed by atoms with E-state index in [1.54, 1.807) is 0 Å². The van der Waals surface area contributed by atoms with Gasteiger partial charge in [0.15, 0.2) is 0 Å². The van der Waals surface area contributed by atoms with Crippen LogP contribution in [0.2, 0.25) is 0 Å². The Morgan fingerprint density at radius 1 is 0.656 bits per heavy atom. The smallest absolute Gasteiger partial charge is 0.0936 e. The second-order valence-electron chi connectivity index (χ2n) is 7.22. The minimum absolute atomic E-state index is 0.797. The zero-order valence-electron chi connectivity index (χ0n) is 18.2. The zero-order chi connectivity index (χ0) is 22.2. The maximum absolute atomic E-state index is 4.49. The Kier molecular flexibility index (Phi) is 6.78. The van der Waals surface area contributed by atoms with Crippen molar-refractivity contribution in [3.63, 3.8) is 0 Å². The van der Waals surface area contributed by atoms with Crippen LogP contribution in [0.3, 0.4) is 0 Å². The molecule has 0 heterocycles. The molecule has 0 aromatic heterocycles. The molecular formula is C27H25N5. The summed E-state index contributed by atoms with van der Waals surface area (Å²) in [5, 5.41) is 23.1. The van der Waals surface area contributed by atoms with E-state index in [1.165, 1.54) is 0 Å². The van der Waals surface area contributed by atoms with Gasteiger partial charge < -0.3 is 5.32 Å². The number of azo groups is 2. The molecule has 0 radical (unpaired) electrons. The molecule has 0 saturated carbocycles. The maximum atomic E-state index is 4.49. The molecule has 4 aromatic carbocycles. The summed E-state index contributed by atoms with van der Waals surface area (Å²) in [5.41, 5.74) is 5.43. The van der Waals surface area contributed by atoms with Crippen LogP contribution in [0, 0.1) is 0 Å². The van der Waals surface area contributed by atoms with Gasteiger partial charge in [-0.25, -0.2) is 0 Å². The lowest BCUT2D eigenvalue weighted by molar-refractivity contribution is 1.20. The summed E-state index contributed by atoms with van der Waals surface area (Å²) in [5.74, 6) is 0. The van der Waals surface area contributed by atoms with E-state index < -0.39 is 0 Å². The monoisotopic (exact) mass is 419 g/mol. The van der Waals surface area contributed by atoms with Crippen molar-refractivity contribution < 1.29 is 0 Å². The predicted octanol–water partition coefficient (Wildman–Crippen LogP) is 9.14. The van der Waals surface area contributed by atoms with Crippen molar-refractivity contribution in [2.45, 2.75) is 13.8 Å². The fraction of sp³-hybridized carbons (Fsp3) is 0.111. The summed E-state index contributed by atoms with van der Waals surface area (Å²) in [7, 11) is 0. The fourth-order valence-electron chi connectivity index (χ4n) is 3.36. The second kappa shape index (κ2) is 10.3. The van der Waals surface area contributed by atoms with E-state index in [2.05, 4.69) is 38.8 Å². The molecule has 4 rings (SSSR count). The highest BCUT2D eigenvalue weighted by Gasteiger charge is 2.05. The Morgan fingerprint density at radius 3 is 1.69 bits per heavy atom. The number of nitrogens with zero attached hydrogens (tertiary/aromatic N) is 4. The highest BCUT2D eigenvalue weighted by atomic mass is 15.1. The first-order valence-corrected chi connectivity index (χ1v) is 10.7. The van der Waals surface area contributed by atoms with Gasteiger partial charge >= 0.3 is 0 Å². The van der Waals surface area contributed by atoms with Crippen molar-refractivity contribution in [2.75, 3.05) is 11.9 Å². The van der Waals surface area contributed by atoms with Gasteiger partial charge in [0, 0.05) is 23.0 Å². The number of hydrogen-bond donors (Lipinski definition) is 1. The summed E-state index contributed by atoms with van der Waals surface area (Å²) in [6, 6.07) is 27.8. The minimum atomic E-state index is 0.797. The van der Waals surface area contributed by atoms with Crippen LogP contribution in [-0.2, 0) is 0 Å². The van der Waals surface area contributed by atoms with Crippen LogP contribution in [0.25, 0.3) is 16.8 Å². The molecule has 4 aromatic rings. The van der Waals surface area contributed by atoms with Crippen LogP contribution in [0.1, 0.15) is 19.4 Å². The molecule has 0 saturated heterocycles. The first-order chi connectivity index (χ1) is 15.8. The van der Waals surface area contributed by atoms with Gasteiger partial charge in [-0.15, -0.1) is 10.2 Å². The molecule has 1 N–H and O–H groups in total. The second-order valence-corrected chi connectivity index (χ2v) is 7.22. The molecule has 32 heavy (non-hydrogen) atoms. The van der Waals surface area contributed by atoms with Gasteiger partial charge in [-0.3, -0.25) is 0 Å². The topological polar surface area (TPSA) is 61.5 Å². The molecule has 0 amide bonds. The fourth-order valence-corrected chi connectivity index (χ4v) is 3.36. The van der Waals surface area contributed by atoms with Crippen LogP contribution < -0.4 is 5.32 Å². The number of fused-ring (bicyclic) bond motifs is 1. The number of hydrogen-bond acceptors (Lipinski definition) is 5. The van der Waals surface area contributed by atoms with Gasteiger partial charge in [-0.05, 0) is 67.9 Å². The summed E-state index contributed by atoms with van der Waals surface area (Å²) >= 11 is 0. The Morgan fingerprint density at radius 2 is 1.19 bits per heavy atom. The first kappa shape index (κ1) is 21.1. The summed E-state index contributed by atoms with van der Waals surface area (Å²) in [4.78, 5) is 0. The lowest BCUT2D eigenvalue weighted by atomic mass is 10.1. The molecule has 0 spiro atoms. The highest BCUT2D eigenvalue weighted by molar-refractivity contribution is 5.99. The number of rotatable bonds is 7. The van der Waals surface area contributed by atoms with Gasteiger partial charge in [0.1, 0.15) is 0 Å². The molecule has 0 fully saturated rings. The van der Waals surface area contributed by atoms with Gasteiger partial charge in [0.05, 0.1) is 22.7 Å². The molecule has 0 aliphatic carbocycles. The quantitative estimate of drug-likeness (QED) is 0.298. The normalized spacial score (nSPS) is 11.8. The van der Waals surface area contributed by atoms with Crippen LogP contribution >= 0.6 is 0 Å². The van der Waals surface area contributed by atoms with Gasteiger partial charge in [0.2, 0.25) is 0 Å². The number of nitrogens with one attached hydrogen (secondary N) is 1. The highest BCUT2D eigenvalue weighted by Crippen LogP contribution is 2.35. The van der Waals surface area contributed by atoms with Crippen LogP contribution in [0.4, 0.5) is 28.4 Å². The summed E-state index contributed by atoms with van der Waals surface area (Å²) in [6.45, 7) is 4.96. The molecular weight excluding hydrogens is 394 g/mol. The van der Waals surface area contributed by atoms with E-state index in [-0.39, 0.29) is 0 Å². The lowest BCUT2D eigenvalue weighted by Gasteiger charge is -2.05. The molecule has 0 unspecified atom stereocenters. The van der Waals surface area contributed by atoms with E-state index in [9.17, 15) is 0 Å². The SMILES string of the molecule is CC=Cc1ccc(N=Nc2ccc(N=Nc3ccc(NCC)cc3)c3ccccc23)cc1. The molecule has 158 valence electrons. The Bertz CT molecular complexity index is 1270. The first-order valence-electron chi connectivity index (χ1n) is 10.7. The van der Waals surface area contributed by atoms with Crippen molar-refractivity contribution in [1.82, 2.24) is 0 Å². The molecule has 0 atom stereocenters. The largest absolute Gasteiger partial charge is 0.385 e. The Labute approximate surface area is 188 Å². The van der Waals surface area contributed by atoms with Crippen LogP contribution in [0.15, 0.2) is 111 Å². The van der Waals surface area contributed by atoms with Crippen molar-refractivity contribution in [3.05, 3.63) is 96.6 Å². The Hall–Kier alpha value is -4.12. The van der Waals surface area contributed by atoms with E-state index in [0.29, 0.717) is 0 Å². The number of allylic oxidation sites excluding steroid dienone is 1. The van der Waals surface area contributed by atoms with Gasteiger partial charge in [0.25, 0.3) is 0 Å². The van der Waals surface area contributed by atoms with E-state index in [1.807, 2.05) is 97.9 Å². The summed E-state index contributed by atoms with van der Waals surface area (Å²) in [6.07, 6.45) is 4.07. The number of benzene rings is 4. The summed E-state index contributed by atoms with van der Waals surface area (Å²) < 4.78 is 0. The van der Waals surface area contributed by atoms with Crippen molar-refractivity contribution >= 4 is 45.3 Å². The molecule has 0 aliphatic rings. The number of anilines is 1. The molecule has 5 nitrogen and oxygen atoms in total. The van der Waals surface area contributed by atoms with Gasteiger partial charge in [-0.2, -0.15) is 10.2 Å². The standard InChI is InChI=1S/C27H25N5/c1-3-7-20-10-12-22(13-11-20)29-31-26-18-19-27(25-9-6-5-8-24(25)26)32-30-23-16-14-21(15-17-23)28-4-2/h3,5-19,28H,4H2,1-2H3. The van der Waals surface area contributed by atoms with Crippen LogP contribution in [-0.4, -0.2) is 6.54 Å². The average Bonchev–Trinajstić information content (AvgIpc) is 2.84.